The molecular formula is C19H19FN2O2. The van der Waals surface area contributed by atoms with Crippen LogP contribution >= 0.6 is 0 Å². The van der Waals surface area contributed by atoms with E-state index in [1.807, 2.05) is 30.3 Å². The molecule has 0 bridgehead atoms. The van der Waals surface area contributed by atoms with E-state index in [0.29, 0.717) is 24.3 Å². The number of anilines is 1. The summed E-state index contributed by atoms with van der Waals surface area (Å²) in [5, 5.41) is 2.70. The first-order valence-corrected chi connectivity index (χ1v) is 7.91. The second-order valence-corrected chi connectivity index (χ2v) is 6.11. The van der Waals surface area contributed by atoms with Gasteiger partial charge in [-0.05, 0) is 30.2 Å². The third-order valence-electron chi connectivity index (χ3n) is 4.24. The van der Waals surface area contributed by atoms with Crippen LogP contribution in [0.25, 0.3) is 0 Å². The predicted octanol–water partition coefficient (Wildman–Crippen LogP) is 3.12. The molecule has 1 aliphatic heterocycles. The number of halogens is 1. The van der Waals surface area contributed by atoms with Gasteiger partial charge in [0.1, 0.15) is 5.82 Å². The van der Waals surface area contributed by atoms with E-state index in [9.17, 15) is 14.0 Å². The van der Waals surface area contributed by atoms with Gasteiger partial charge < -0.3 is 10.2 Å². The zero-order valence-electron chi connectivity index (χ0n) is 13.5. The maximum absolute atomic E-state index is 13.6. The van der Waals surface area contributed by atoms with Gasteiger partial charge in [0.2, 0.25) is 11.8 Å². The van der Waals surface area contributed by atoms with E-state index in [0.717, 1.165) is 5.56 Å². The summed E-state index contributed by atoms with van der Waals surface area (Å²) in [6, 6.07) is 14.3. The number of likely N-dealkylation sites (tertiary alicyclic amines) is 1. The number of nitrogens with one attached hydrogen (secondary N) is 1. The molecule has 0 aromatic heterocycles. The first-order valence-electron chi connectivity index (χ1n) is 7.91. The maximum Gasteiger partial charge on any atom is 0.229 e. The highest BCUT2D eigenvalue weighted by atomic mass is 19.1. The number of carbonyl (C=O) groups is 2. The summed E-state index contributed by atoms with van der Waals surface area (Å²) in [6.45, 7) is 2.55. The lowest BCUT2D eigenvalue weighted by atomic mass is 10.1. The largest absolute Gasteiger partial charge is 0.338 e. The Hall–Kier alpha value is -2.69. The molecule has 24 heavy (non-hydrogen) atoms. The monoisotopic (exact) mass is 326 g/mol. The van der Waals surface area contributed by atoms with Crippen molar-refractivity contribution in [2.45, 2.75) is 19.9 Å². The van der Waals surface area contributed by atoms with Crippen LogP contribution in [0.5, 0.6) is 0 Å². The summed E-state index contributed by atoms with van der Waals surface area (Å²) < 4.78 is 13.6. The molecule has 0 radical (unpaired) electrons. The molecule has 1 fully saturated rings. The van der Waals surface area contributed by atoms with Crippen molar-refractivity contribution in [1.82, 2.24) is 4.90 Å². The first kappa shape index (κ1) is 16.2. The predicted molar refractivity (Wildman–Crippen MR) is 89.7 cm³/mol. The Balaban J connectivity index is 1.62. The second kappa shape index (κ2) is 6.83. The fourth-order valence-corrected chi connectivity index (χ4v) is 2.82. The standard InChI is InChI=1S/C19H19FN2O2/c1-13-7-8-16(10-17(13)20)21-19(24)15-9-18(23)22(12-15)11-14-5-3-2-4-6-14/h2-8,10,15H,9,11-12H2,1H3,(H,21,24)/t15-/m1/s1. The minimum absolute atomic E-state index is 0.0333. The lowest BCUT2D eigenvalue weighted by molar-refractivity contribution is -0.128. The van der Waals surface area contributed by atoms with Gasteiger partial charge in [0, 0.05) is 25.2 Å². The number of amides is 2. The van der Waals surface area contributed by atoms with E-state index in [2.05, 4.69) is 5.32 Å². The lowest BCUT2D eigenvalue weighted by Gasteiger charge is -2.16. The molecule has 2 aromatic rings. The number of hydrogen-bond donors (Lipinski definition) is 1. The Kier molecular flexibility index (Phi) is 4.60. The van der Waals surface area contributed by atoms with Crippen LogP contribution in [0.3, 0.4) is 0 Å². The summed E-state index contributed by atoms with van der Waals surface area (Å²) >= 11 is 0. The van der Waals surface area contributed by atoms with Crippen LogP contribution in [0.1, 0.15) is 17.5 Å². The molecule has 124 valence electrons. The third-order valence-corrected chi connectivity index (χ3v) is 4.24. The Labute approximate surface area is 140 Å². The van der Waals surface area contributed by atoms with Crippen LogP contribution < -0.4 is 5.32 Å². The Morgan fingerprint density at radius 3 is 2.71 bits per heavy atom. The smallest absolute Gasteiger partial charge is 0.229 e. The number of rotatable bonds is 4. The molecule has 1 aliphatic rings. The molecule has 0 spiro atoms. The minimum Gasteiger partial charge on any atom is -0.338 e. The van der Waals surface area contributed by atoms with Crippen molar-refractivity contribution < 1.29 is 14.0 Å². The molecule has 0 saturated carbocycles. The highest BCUT2D eigenvalue weighted by Gasteiger charge is 2.34. The second-order valence-electron chi connectivity index (χ2n) is 6.11. The van der Waals surface area contributed by atoms with E-state index in [-0.39, 0.29) is 24.1 Å². The fraction of sp³-hybridized carbons (Fsp3) is 0.263. The molecule has 2 amide bonds. The van der Waals surface area contributed by atoms with Crippen molar-refractivity contribution >= 4 is 17.5 Å². The molecule has 5 heteroatoms. The SMILES string of the molecule is Cc1ccc(NC(=O)[C@@H]2CC(=O)N(Cc3ccccc3)C2)cc1F. The summed E-state index contributed by atoms with van der Waals surface area (Å²) in [4.78, 5) is 26.2. The summed E-state index contributed by atoms with van der Waals surface area (Å²) in [5.74, 6) is -1.05. The van der Waals surface area contributed by atoms with Crippen molar-refractivity contribution in [1.29, 1.82) is 0 Å². The van der Waals surface area contributed by atoms with E-state index < -0.39 is 5.92 Å². The number of benzene rings is 2. The van der Waals surface area contributed by atoms with Gasteiger partial charge in [-0.15, -0.1) is 0 Å². The summed E-state index contributed by atoms with van der Waals surface area (Å²) in [5.41, 5.74) is 1.97. The van der Waals surface area contributed by atoms with Crippen molar-refractivity contribution in [3.63, 3.8) is 0 Å². The quantitative estimate of drug-likeness (QED) is 0.938. The zero-order valence-corrected chi connectivity index (χ0v) is 13.5. The maximum atomic E-state index is 13.6. The van der Waals surface area contributed by atoms with Crippen LogP contribution in [-0.2, 0) is 16.1 Å². The molecule has 2 aromatic carbocycles. The van der Waals surface area contributed by atoms with Gasteiger partial charge in [-0.2, -0.15) is 0 Å². The molecule has 1 heterocycles. The lowest BCUT2D eigenvalue weighted by Crippen LogP contribution is -2.28. The third kappa shape index (κ3) is 3.62. The summed E-state index contributed by atoms with van der Waals surface area (Å²) in [6.07, 6.45) is 0.188. The van der Waals surface area contributed by atoms with Crippen molar-refractivity contribution in [2.75, 3.05) is 11.9 Å². The van der Waals surface area contributed by atoms with Crippen LogP contribution in [-0.4, -0.2) is 23.3 Å². The van der Waals surface area contributed by atoms with Crippen molar-refractivity contribution in [2.24, 2.45) is 5.92 Å². The first-order chi connectivity index (χ1) is 11.5. The molecule has 1 atom stereocenters. The van der Waals surface area contributed by atoms with Crippen LogP contribution in [0, 0.1) is 18.7 Å². The number of carbonyl (C=O) groups excluding carboxylic acids is 2. The zero-order chi connectivity index (χ0) is 17.1. The number of aryl methyl sites for hydroxylation is 1. The van der Waals surface area contributed by atoms with Gasteiger partial charge in [-0.1, -0.05) is 36.4 Å². The Bertz CT molecular complexity index is 761. The van der Waals surface area contributed by atoms with E-state index in [4.69, 9.17) is 0 Å². The topological polar surface area (TPSA) is 49.4 Å². The molecular weight excluding hydrogens is 307 g/mol. The fourth-order valence-electron chi connectivity index (χ4n) is 2.82. The average molecular weight is 326 g/mol. The Morgan fingerprint density at radius 1 is 1.25 bits per heavy atom. The number of hydrogen-bond acceptors (Lipinski definition) is 2. The van der Waals surface area contributed by atoms with Gasteiger partial charge in [0.15, 0.2) is 0 Å². The van der Waals surface area contributed by atoms with Gasteiger partial charge in [0.25, 0.3) is 0 Å². The van der Waals surface area contributed by atoms with E-state index in [1.54, 1.807) is 24.0 Å². The van der Waals surface area contributed by atoms with Gasteiger partial charge in [-0.25, -0.2) is 4.39 Å². The molecule has 0 aliphatic carbocycles. The average Bonchev–Trinajstić information content (AvgIpc) is 2.93. The molecule has 1 saturated heterocycles. The molecule has 1 N–H and O–H groups in total. The number of nitrogens with zero attached hydrogens (tertiary/aromatic N) is 1. The Morgan fingerprint density at radius 2 is 2.00 bits per heavy atom. The van der Waals surface area contributed by atoms with Crippen molar-refractivity contribution in [3.05, 3.63) is 65.5 Å². The molecule has 0 unspecified atom stereocenters. The normalized spacial score (nSPS) is 17.2. The molecule has 3 rings (SSSR count). The van der Waals surface area contributed by atoms with Gasteiger partial charge in [0.05, 0.1) is 5.92 Å². The van der Waals surface area contributed by atoms with Gasteiger partial charge in [-0.3, -0.25) is 9.59 Å². The van der Waals surface area contributed by atoms with Gasteiger partial charge >= 0.3 is 0 Å². The highest BCUT2D eigenvalue weighted by molar-refractivity contribution is 5.97. The van der Waals surface area contributed by atoms with Crippen molar-refractivity contribution in [3.8, 4) is 0 Å². The van der Waals surface area contributed by atoms with E-state index in [1.165, 1.54) is 6.07 Å². The van der Waals surface area contributed by atoms with Crippen LogP contribution in [0.2, 0.25) is 0 Å². The highest BCUT2D eigenvalue weighted by Crippen LogP contribution is 2.22. The van der Waals surface area contributed by atoms with E-state index >= 15 is 0 Å². The molecule has 4 nitrogen and oxygen atoms in total. The minimum atomic E-state index is -0.412. The summed E-state index contributed by atoms with van der Waals surface area (Å²) in [7, 11) is 0. The van der Waals surface area contributed by atoms with Crippen LogP contribution in [0.15, 0.2) is 48.5 Å². The van der Waals surface area contributed by atoms with Crippen LogP contribution in [0.4, 0.5) is 10.1 Å².